The molecule has 3 rings (SSSR count). The number of imide groups is 1. The van der Waals surface area contributed by atoms with Gasteiger partial charge in [-0.05, 0) is 57.5 Å². The zero-order chi connectivity index (χ0) is 29.3. The van der Waals surface area contributed by atoms with Crippen molar-refractivity contribution in [1.82, 2.24) is 20.9 Å². The number of nitrogens with one attached hydrogen (secondary N) is 4. The zero-order valence-electron chi connectivity index (χ0n) is 25.0. The van der Waals surface area contributed by atoms with E-state index in [2.05, 4.69) is 34.8 Å². The monoisotopic (exact) mass is 551 g/mol. The van der Waals surface area contributed by atoms with Gasteiger partial charge in [-0.1, -0.05) is 58.7 Å². The summed E-state index contributed by atoms with van der Waals surface area (Å²) in [4.78, 5) is 38.8. The summed E-state index contributed by atoms with van der Waals surface area (Å²) < 4.78 is 0. The van der Waals surface area contributed by atoms with Gasteiger partial charge in [-0.15, -0.1) is 0 Å². The second-order valence-corrected chi connectivity index (χ2v) is 9.88. The van der Waals surface area contributed by atoms with Gasteiger partial charge in [-0.2, -0.15) is 0 Å². The van der Waals surface area contributed by atoms with Crippen LogP contribution < -0.4 is 21.3 Å². The van der Waals surface area contributed by atoms with Crippen LogP contribution in [0.2, 0.25) is 0 Å². The number of carbonyl (C=O) groups is 3. The molecule has 220 valence electrons. The average molecular weight is 552 g/mol. The summed E-state index contributed by atoms with van der Waals surface area (Å²) in [5.41, 5.74) is 2.71. The molecule has 1 aliphatic rings. The number of rotatable bonds is 18. The average Bonchev–Trinajstić information content (AvgIpc) is 2.97. The second-order valence-electron chi connectivity index (χ2n) is 9.88. The van der Waals surface area contributed by atoms with Gasteiger partial charge in [0.05, 0.1) is 0 Å². The minimum atomic E-state index is -0.191. The maximum absolute atomic E-state index is 13.0. The van der Waals surface area contributed by atoms with Gasteiger partial charge in [-0.3, -0.25) is 19.3 Å². The smallest absolute Gasteiger partial charge is 0.261 e. The summed E-state index contributed by atoms with van der Waals surface area (Å²) >= 11 is 0. The van der Waals surface area contributed by atoms with E-state index in [-0.39, 0.29) is 17.7 Å². The summed E-state index contributed by atoms with van der Waals surface area (Å²) in [5, 5.41) is 14.8. The fraction of sp³-hybridized carbons (Fsp3) is 0.531. The van der Waals surface area contributed by atoms with E-state index in [9.17, 15) is 14.4 Å². The van der Waals surface area contributed by atoms with E-state index in [1.807, 2.05) is 44.2 Å². The number of hydrogen-bond acceptors (Lipinski definition) is 6. The largest absolute Gasteiger partial charge is 0.383 e. The van der Waals surface area contributed by atoms with Crippen LogP contribution in [-0.2, 0) is 4.79 Å². The fourth-order valence-corrected chi connectivity index (χ4v) is 4.62. The van der Waals surface area contributed by atoms with Crippen molar-refractivity contribution in [1.29, 1.82) is 0 Å². The lowest BCUT2D eigenvalue weighted by Gasteiger charge is -2.27. The van der Waals surface area contributed by atoms with Gasteiger partial charge >= 0.3 is 0 Å². The molecular weight excluding hydrogens is 502 g/mol. The third-order valence-electron chi connectivity index (χ3n) is 6.78. The van der Waals surface area contributed by atoms with Crippen LogP contribution in [0.5, 0.6) is 0 Å². The Balaban J connectivity index is 0.00000274. The van der Waals surface area contributed by atoms with Gasteiger partial charge < -0.3 is 21.3 Å². The van der Waals surface area contributed by atoms with E-state index >= 15 is 0 Å². The first kappa shape index (κ1) is 33.0. The molecule has 1 heterocycles. The Morgan fingerprint density at radius 2 is 1.43 bits per heavy atom. The molecule has 0 aromatic heterocycles. The summed E-state index contributed by atoms with van der Waals surface area (Å²) in [6, 6.07) is 9.50. The van der Waals surface area contributed by atoms with Crippen molar-refractivity contribution in [2.45, 2.75) is 66.2 Å². The van der Waals surface area contributed by atoms with Crippen molar-refractivity contribution in [2.75, 3.05) is 51.1 Å². The number of hydrogen-bond donors (Lipinski definition) is 4. The summed E-state index contributed by atoms with van der Waals surface area (Å²) in [7, 11) is 0. The molecule has 0 saturated heterocycles. The van der Waals surface area contributed by atoms with E-state index in [1.165, 1.54) is 17.7 Å². The van der Waals surface area contributed by atoms with E-state index in [0.717, 1.165) is 74.9 Å². The third-order valence-corrected chi connectivity index (χ3v) is 6.78. The molecule has 2 aromatic carbocycles. The van der Waals surface area contributed by atoms with Crippen molar-refractivity contribution < 1.29 is 14.4 Å². The number of benzene rings is 2. The van der Waals surface area contributed by atoms with Crippen LogP contribution in [-0.4, -0.2) is 68.4 Å². The first-order valence-electron chi connectivity index (χ1n) is 15.0. The van der Waals surface area contributed by atoms with Crippen LogP contribution in [0.25, 0.3) is 10.8 Å². The Bertz CT molecular complexity index is 1110. The highest BCUT2D eigenvalue weighted by molar-refractivity contribution is 6.26. The Morgan fingerprint density at radius 1 is 0.800 bits per heavy atom. The van der Waals surface area contributed by atoms with Gasteiger partial charge in [0.1, 0.15) is 0 Å². The maximum atomic E-state index is 13.0. The Kier molecular flexibility index (Phi) is 15.0. The van der Waals surface area contributed by atoms with E-state index in [4.69, 9.17) is 0 Å². The number of nitrogens with zero attached hydrogens (tertiary/aromatic N) is 1. The van der Waals surface area contributed by atoms with E-state index < -0.39 is 0 Å². The first-order chi connectivity index (χ1) is 19.5. The van der Waals surface area contributed by atoms with Crippen LogP contribution in [0.4, 0.5) is 5.69 Å². The van der Waals surface area contributed by atoms with Gasteiger partial charge in [0.15, 0.2) is 0 Å². The van der Waals surface area contributed by atoms with Crippen molar-refractivity contribution >= 4 is 34.2 Å². The molecule has 3 amide bonds. The third kappa shape index (κ3) is 9.45. The van der Waals surface area contributed by atoms with Gasteiger partial charge in [0.2, 0.25) is 5.91 Å². The van der Waals surface area contributed by atoms with Crippen LogP contribution in [0.1, 0.15) is 86.9 Å². The molecule has 2 aromatic rings. The normalized spacial score (nSPS) is 12.2. The highest BCUT2D eigenvalue weighted by Gasteiger charge is 2.32. The molecular formula is C32H49N5O3. The minimum Gasteiger partial charge on any atom is -0.383 e. The quantitative estimate of drug-likeness (QED) is 0.117. The van der Waals surface area contributed by atoms with Crippen molar-refractivity contribution in [3.63, 3.8) is 0 Å². The van der Waals surface area contributed by atoms with Crippen LogP contribution >= 0.6 is 0 Å². The molecule has 40 heavy (non-hydrogen) atoms. The molecule has 0 spiro atoms. The van der Waals surface area contributed by atoms with E-state index in [1.54, 1.807) is 6.92 Å². The lowest BCUT2D eigenvalue weighted by Crippen LogP contribution is -2.40. The lowest BCUT2D eigenvalue weighted by atomic mass is 9.93. The summed E-state index contributed by atoms with van der Waals surface area (Å²) in [6.07, 6.45) is 6.36. The van der Waals surface area contributed by atoms with Gasteiger partial charge in [0, 0.05) is 65.9 Å². The molecule has 8 heteroatoms. The Hall–Kier alpha value is -3.23. The topological polar surface area (TPSA) is 103 Å². The Labute approximate surface area is 240 Å². The highest BCUT2D eigenvalue weighted by Crippen LogP contribution is 2.34. The van der Waals surface area contributed by atoms with Crippen molar-refractivity contribution in [3.05, 3.63) is 53.6 Å². The summed E-state index contributed by atoms with van der Waals surface area (Å²) in [6.45, 7) is 16.8. The predicted molar refractivity (Wildman–Crippen MR) is 166 cm³/mol. The second kappa shape index (κ2) is 18.2. The number of unbranched alkanes of at least 4 members (excludes halogenated alkanes) is 4. The molecule has 0 fully saturated rings. The molecule has 0 radical (unpaired) electrons. The van der Waals surface area contributed by atoms with Crippen molar-refractivity contribution in [2.24, 2.45) is 0 Å². The lowest BCUT2D eigenvalue weighted by molar-refractivity contribution is -0.117. The number of amides is 3. The van der Waals surface area contributed by atoms with Gasteiger partial charge in [0.25, 0.3) is 11.8 Å². The van der Waals surface area contributed by atoms with Crippen molar-refractivity contribution in [3.8, 4) is 0 Å². The minimum absolute atomic E-state index is 0.0860. The van der Waals surface area contributed by atoms with Crippen LogP contribution in [0.3, 0.4) is 0 Å². The highest BCUT2D eigenvalue weighted by atomic mass is 16.2. The standard InChI is InChI=1S/C30H43N5O3.C2H6/c1-4-5-21-35-29(37)24-12-10-11-23-26(14-13-25(27(23)24)30(35)38)33-19-17-31-15-8-6-7-9-16-32-18-20-34-28(36)22(2)3;1-2/h10-14,31-33H,2,4-9,15-21H2,1,3H3,(H,34,36);1-2H3. The molecule has 1 aliphatic heterocycles. The molecule has 0 atom stereocenters. The SMILES string of the molecule is C=C(C)C(=O)NCCNCCCCCCNCCNc1ccc2c3c(cccc13)C(=O)N(CCCC)C2=O.CC. The maximum Gasteiger partial charge on any atom is 0.261 e. The number of carbonyl (C=O) groups excluding carboxylic acids is 3. The van der Waals surface area contributed by atoms with Crippen LogP contribution in [0.15, 0.2) is 42.5 Å². The predicted octanol–water partition coefficient (Wildman–Crippen LogP) is 5.11. The summed E-state index contributed by atoms with van der Waals surface area (Å²) in [5.74, 6) is -0.469. The van der Waals surface area contributed by atoms with Crippen LogP contribution in [0, 0.1) is 0 Å². The molecule has 4 N–H and O–H groups in total. The molecule has 8 nitrogen and oxygen atoms in total. The first-order valence-corrected chi connectivity index (χ1v) is 15.0. The van der Waals surface area contributed by atoms with Gasteiger partial charge in [-0.25, -0.2) is 0 Å². The fourth-order valence-electron chi connectivity index (χ4n) is 4.62. The zero-order valence-corrected chi connectivity index (χ0v) is 25.0. The molecule has 0 saturated carbocycles. The van der Waals surface area contributed by atoms with E-state index in [0.29, 0.717) is 29.8 Å². The molecule has 0 aliphatic carbocycles. The number of anilines is 1. The molecule has 0 bridgehead atoms. The Morgan fingerprint density at radius 3 is 2.05 bits per heavy atom. The molecule has 0 unspecified atom stereocenters.